The van der Waals surface area contributed by atoms with Crippen molar-refractivity contribution < 1.29 is 0 Å². The van der Waals surface area contributed by atoms with Crippen LogP contribution < -0.4 is 0 Å². The molecule has 0 spiro atoms. The van der Waals surface area contributed by atoms with E-state index in [1.165, 1.54) is 43.7 Å². The number of fused-ring (bicyclic) bond motifs is 4. The smallest absolute Gasteiger partial charge is 0.164 e. The fraction of sp³-hybridized carbons (Fsp3) is 0. The minimum absolute atomic E-state index is 0.625. The highest BCUT2D eigenvalue weighted by molar-refractivity contribution is 6.10. The van der Waals surface area contributed by atoms with Gasteiger partial charge in [-0.1, -0.05) is 158 Å². The van der Waals surface area contributed by atoms with Crippen molar-refractivity contribution in [2.45, 2.75) is 0 Å². The number of para-hydroxylation sites is 2. The molecule has 10 rings (SSSR count). The first kappa shape index (κ1) is 30.6. The summed E-state index contributed by atoms with van der Waals surface area (Å²) in [5.74, 6) is 1.89. The Bertz CT molecular complexity index is 2870. The number of hydrogen-bond donors (Lipinski definition) is 0. The van der Waals surface area contributed by atoms with E-state index in [1.807, 2.05) is 18.2 Å². The third-order valence-electron chi connectivity index (χ3n) is 10.1. The van der Waals surface area contributed by atoms with E-state index in [-0.39, 0.29) is 0 Å². The van der Waals surface area contributed by atoms with Gasteiger partial charge in [0, 0.05) is 33.2 Å². The zero-order valence-corrected chi connectivity index (χ0v) is 28.8. The van der Waals surface area contributed by atoms with Crippen LogP contribution in [0.5, 0.6) is 0 Å². The molecule has 4 nitrogen and oxygen atoms in total. The second-order valence-corrected chi connectivity index (χ2v) is 13.2. The molecule has 0 aliphatic heterocycles. The van der Waals surface area contributed by atoms with Crippen molar-refractivity contribution in [3.8, 4) is 62.1 Å². The maximum Gasteiger partial charge on any atom is 0.164 e. The van der Waals surface area contributed by atoms with Gasteiger partial charge in [-0.05, 0) is 69.4 Å². The van der Waals surface area contributed by atoms with Crippen LogP contribution in [0.1, 0.15) is 0 Å². The first-order chi connectivity index (χ1) is 26.3. The molecule has 4 heteroatoms. The van der Waals surface area contributed by atoms with Crippen LogP contribution >= 0.6 is 0 Å². The lowest BCUT2D eigenvalue weighted by atomic mass is 9.89. The lowest BCUT2D eigenvalue weighted by Gasteiger charge is -2.16. The molecule has 0 aliphatic carbocycles. The fourth-order valence-electron chi connectivity index (χ4n) is 7.64. The van der Waals surface area contributed by atoms with Crippen molar-refractivity contribution in [1.82, 2.24) is 19.5 Å². The molecular weight excluding hydrogens is 645 g/mol. The summed E-state index contributed by atoms with van der Waals surface area (Å²) in [7, 11) is 0. The predicted molar refractivity (Wildman–Crippen MR) is 219 cm³/mol. The van der Waals surface area contributed by atoms with Gasteiger partial charge < -0.3 is 4.57 Å². The van der Waals surface area contributed by atoms with Crippen LogP contribution in [0.25, 0.3) is 94.7 Å². The molecule has 248 valence electrons. The molecule has 0 bridgehead atoms. The average molecular weight is 677 g/mol. The summed E-state index contributed by atoms with van der Waals surface area (Å²) in [6.45, 7) is 0. The summed E-state index contributed by atoms with van der Waals surface area (Å²) < 4.78 is 2.33. The highest BCUT2D eigenvalue weighted by atomic mass is 15.0. The maximum atomic E-state index is 5.21. The largest absolute Gasteiger partial charge is 0.309 e. The maximum absolute atomic E-state index is 5.21. The molecule has 0 saturated carbocycles. The Balaban J connectivity index is 1.14. The Morgan fingerprint density at radius 1 is 0.302 bits per heavy atom. The third kappa shape index (κ3) is 5.36. The molecule has 0 aliphatic rings. The van der Waals surface area contributed by atoms with Gasteiger partial charge in [-0.15, -0.1) is 0 Å². The average Bonchev–Trinajstić information content (AvgIpc) is 3.58. The normalized spacial score (nSPS) is 11.4. The molecule has 2 heterocycles. The van der Waals surface area contributed by atoms with Gasteiger partial charge in [-0.3, -0.25) is 0 Å². The summed E-state index contributed by atoms with van der Waals surface area (Å²) in [6, 6.07) is 68.0. The van der Waals surface area contributed by atoms with E-state index in [0.29, 0.717) is 17.5 Å². The summed E-state index contributed by atoms with van der Waals surface area (Å²) in [4.78, 5) is 15.4. The molecule has 0 atom stereocenters. The number of benzene rings is 8. The lowest BCUT2D eigenvalue weighted by molar-refractivity contribution is 1.07. The van der Waals surface area contributed by atoms with Crippen molar-refractivity contribution in [3.05, 3.63) is 194 Å². The van der Waals surface area contributed by atoms with E-state index in [1.54, 1.807) is 0 Å². The topological polar surface area (TPSA) is 43.6 Å². The summed E-state index contributed by atoms with van der Waals surface area (Å²) >= 11 is 0. The molecule has 0 fully saturated rings. The van der Waals surface area contributed by atoms with Gasteiger partial charge in [0.25, 0.3) is 0 Å². The van der Waals surface area contributed by atoms with Crippen LogP contribution in [0.15, 0.2) is 194 Å². The minimum Gasteiger partial charge on any atom is -0.309 e. The van der Waals surface area contributed by atoms with Gasteiger partial charge in [0.2, 0.25) is 0 Å². The molecule has 0 saturated heterocycles. The predicted octanol–water partition coefficient (Wildman–Crippen LogP) is 12.5. The summed E-state index contributed by atoms with van der Waals surface area (Å²) in [5, 5.41) is 4.86. The zero-order valence-electron chi connectivity index (χ0n) is 28.8. The molecule has 0 N–H and O–H groups in total. The Kier molecular flexibility index (Phi) is 7.43. The molecule has 0 radical (unpaired) electrons. The van der Waals surface area contributed by atoms with Crippen molar-refractivity contribution in [3.63, 3.8) is 0 Å². The Labute approximate surface area is 307 Å². The van der Waals surface area contributed by atoms with Gasteiger partial charge in [-0.25, -0.2) is 15.0 Å². The molecule has 10 aromatic rings. The van der Waals surface area contributed by atoms with E-state index in [2.05, 4.69) is 180 Å². The SMILES string of the molecule is c1ccc(-c2nc(-c3ccc(-n4c5ccccc5c5ccccc54)cc3)nc(-c3ccccc3-c3cccc4cccc(-c5ccccc5)c34)n2)cc1. The van der Waals surface area contributed by atoms with Gasteiger partial charge in [0.15, 0.2) is 17.5 Å². The summed E-state index contributed by atoms with van der Waals surface area (Å²) in [6.07, 6.45) is 0. The van der Waals surface area contributed by atoms with Crippen LogP contribution in [-0.2, 0) is 0 Å². The van der Waals surface area contributed by atoms with Crippen molar-refractivity contribution in [2.24, 2.45) is 0 Å². The highest BCUT2D eigenvalue weighted by Gasteiger charge is 2.19. The second kappa shape index (κ2) is 12.9. The van der Waals surface area contributed by atoms with E-state index in [4.69, 9.17) is 15.0 Å². The quantitative estimate of drug-likeness (QED) is 0.176. The van der Waals surface area contributed by atoms with Crippen LogP contribution in [0, 0.1) is 0 Å². The lowest BCUT2D eigenvalue weighted by Crippen LogP contribution is -2.01. The summed E-state index contributed by atoms with van der Waals surface area (Å²) in [5.41, 5.74) is 10.8. The Morgan fingerprint density at radius 3 is 1.42 bits per heavy atom. The van der Waals surface area contributed by atoms with Gasteiger partial charge >= 0.3 is 0 Å². The number of rotatable bonds is 6. The third-order valence-corrected chi connectivity index (χ3v) is 10.1. The van der Waals surface area contributed by atoms with Crippen LogP contribution in [0.4, 0.5) is 0 Å². The van der Waals surface area contributed by atoms with Crippen LogP contribution in [0.3, 0.4) is 0 Å². The zero-order chi connectivity index (χ0) is 35.1. The standard InChI is InChI=1S/C49H32N4/c1-3-15-33(16-4-1)38-25-13-19-34-20-14-26-42(46(34)38)39-21-7-8-24-43(39)49-51-47(35-17-5-2-6-18-35)50-48(52-49)36-29-31-37(32-30-36)53-44-27-11-9-22-40(44)41-23-10-12-28-45(41)53/h1-32H. The molecule has 8 aromatic carbocycles. The van der Waals surface area contributed by atoms with E-state index >= 15 is 0 Å². The van der Waals surface area contributed by atoms with Gasteiger partial charge in [0.05, 0.1) is 11.0 Å². The molecular formula is C49H32N4. The van der Waals surface area contributed by atoms with Crippen molar-refractivity contribution in [2.75, 3.05) is 0 Å². The Hall–Kier alpha value is -7.17. The van der Waals surface area contributed by atoms with E-state index < -0.39 is 0 Å². The second-order valence-electron chi connectivity index (χ2n) is 13.2. The monoisotopic (exact) mass is 676 g/mol. The first-order valence-electron chi connectivity index (χ1n) is 17.9. The van der Waals surface area contributed by atoms with Gasteiger partial charge in [-0.2, -0.15) is 0 Å². The molecule has 53 heavy (non-hydrogen) atoms. The van der Waals surface area contributed by atoms with Crippen LogP contribution in [-0.4, -0.2) is 19.5 Å². The highest BCUT2D eigenvalue weighted by Crippen LogP contribution is 2.40. The van der Waals surface area contributed by atoms with Gasteiger partial charge in [0.1, 0.15) is 0 Å². The number of hydrogen-bond acceptors (Lipinski definition) is 3. The van der Waals surface area contributed by atoms with E-state index in [9.17, 15) is 0 Å². The molecule has 2 aromatic heterocycles. The molecule has 0 unspecified atom stereocenters. The fourth-order valence-corrected chi connectivity index (χ4v) is 7.64. The van der Waals surface area contributed by atoms with Crippen molar-refractivity contribution >= 4 is 32.6 Å². The Morgan fingerprint density at radius 2 is 0.774 bits per heavy atom. The first-order valence-corrected chi connectivity index (χ1v) is 17.9. The van der Waals surface area contributed by atoms with Crippen molar-refractivity contribution in [1.29, 1.82) is 0 Å². The number of nitrogens with zero attached hydrogens (tertiary/aromatic N) is 4. The van der Waals surface area contributed by atoms with E-state index in [0.717, 1.165) is 33.5 Å². The number of aromatic nitrogens is 4. The molecule has 0 amide bonds. The minimum atomic E-state index is 0.625. The van der Waals surface area contributed by atoms with Crippen LogP contribution in [0.2, 0.25) is 0 Å².